The zero-order valence-electron chi connectivity index (χ0n) is 5.38. The maximum atomic E-state index is 10.6. The van der Waals surface area contributed by atoms with Gasteiger partial charge in [-0.15, -0.1) is 0 Å². The van der Waals surface area contributed by atoms with Gasteiger partial charge in [-0.25, -0.2) is 0 Å². The van der Waals surface area contributed by atoms with Gasteiger partial charge in [-0.1, -0.05) is 0 Å². The first-order chi connectivity index (χ1) is 4.13. The predicted molar refractivity (Wildman–Crippen MR) is 35.7 cm³/mol. The molecule has 46 valence electrons. The SMILES string of the molecule is BC1C(=O)OC(=O)C1B. The van der Waals surface area contributed by atoms with Crippen molar-refractivity contribution in [1.82, 2.24) is 0 Å². The normalized spacial score (nSPS) is 34.7. The van der Waals surface area contributed by atoms with Crippen LogP contribution in [0.25, 0.3) is 0 Å². The van der Waals surface area contributed by atoms with E-state index in [1.807, 2.05) is 0 Å². The second-order valence-corrected chi connectivity index (χ2v) is 2.32. The maximum absolute atomic E-state index is 10.6. The molecule has 0 aromatic rings. The van der Waals surface area contributed by atoms with Crippen LogP contribution >= 0.6 is 0 Å². The Morgan fingerprint density at radius 1 is 1.11 bits per heavy atom. The second kappa shape index (κ2) is 1.90. The van der Waals surface area contributed by atoms with E-state index in [0.717, 1.165) is 0 Å². The lowest BCUT2D eigenvalue weighted by Crippen LogP contribution is -2.05. The van der Waals surface area contributed by atoms with E-state index in [4.69, 9.17) is 0 Å². The summed E-state index contributed by atoms with van der Waals surface area (Å²) in [7, 11) is 3.38. The van der Waals surface area contributed by atoms with Crippen molar-refractivity contribution in [2.45, 2.75) is 11.6 Å². The lowest BCUT2D eigenvalue weighted by Gasteiger charge is -1.96. The summed E-state index contributed by atoms with van der Waals surface area (Å²) in [5, 5.41) is 0. The van der Waals surface area contributed by atoms with Crippen LogP contribution in [-0.4, -0.2) is 27.6 Å². The van der Waals surface area contributed by atoms with E-state index in [-0.39, 0.29) is 11.6 Å². The van der Waals surface area contributed by atoms with Crippen LogP contribution in [0.1, 0.15) is 0 Å². The molecular weight excluding hydrogens is 118 g/mol. The Balaban J connectivity index is 2.77. The highest BCUT2D eigenvalue weighted by Crippen LogP contribution is 2.27. The van der Waals surface area contributed by atoms with Gasteiger partial charge in [0, 0.05) is 11.6 Å². The first kappa shape index (κ1) is 6.39. The highest BCUT2D eigenvalue weighted by Gasteiger charge is 2.36. The number of carbonyl (C=O) groups excluding carboxylic acids is 2. The van der Waals surface area contributed by atoms with Gasteiger partial charge < -0.3 is 4.74 Å². The molecule has 1 saturated heterocycles. The van der Waals surface area contributed by atoms with E-state index in [1.165, 1.54) is 0 Å². The van der Waals surface area contributed by atoms with Crippen molar-refractivity contribution in [1.29, 1.82) is 0 Å². The topological polar surface area (TPSA) is 43.4 Å². The molecule has 1 fully saturated rings. The Morgan fingerprint density at radius 2 is 1.44 bits per heavy atom. The minimum absolute atomic E-state index is 0.252. The predicted octanol–water partition coefficient (Wildman–Crippen LogP) is -2.09. The second-order valence-electron chi connectivity index (χ2n) is 2.32. The molecule has 0 N–H and O–H groups in total. The fraction of sp³-hybridized carbons (Fsp3) is 0.500. The molecule has 1 aliphatic heterocycles. The zero-order valence-corrected chi connectivity index (χ0v) is 5.38. The fourth-order valence-corrected chi connectivity index (χ4v) is 0.693. The average molecular weight is 124 g/mol. The van der Waals surface area contributed by atoms with Crippen molar-refractivity contribution in [3.8, 4) is 0 Å². The van der Waals surface area contributed by atoms with Crippen molar-refractivity contribution in [3.63, 3.8) is 0 Å². The number of cyclic esters (lactones) is 2. The lowest BCUT2D eigenvalue weighted by molar-refractivity contribution is -0.151. The summed E-state index contributed by atoms with van der Waals surface area (Å²) < 4.78 is 4.31. The third-order valence-corrected chi connectivity index (χ3v) is 1.69. The van der Waals surface area contributed by atoms with Crippen molar-refractivity contribution in [2.75, 3.05) is 0 Å². The molecule has 0 bridgehead atoms. The average Bonchev–Trinajstić information content (AvgIpc) is 1.98. The summed E-state index contributed by atoms with van der Waals surface area (Å²) in [5.74, 6) is -1.30. The Morgan fingerprint density at radius 3 is 1.56 bits per heavy atom. The molecule has 0 amide bonds. The highest BCUT2D eigenvalue weighted by atomic mass is 16.6. The number of hydrogen-bond acceptors (Lipinski definition) is 3. The van der Waals surface area contributed by atoms with E-state index in [1.54, 1.807) is 15.7 Å². The summed E-state index contributed by atoms with van der Waals surface area (Å²) in [6.45, 7) is 0. The van der Waals surface area contributed by atoms with Gasteiger partial charge in [0.2, 0.25) is 0 Å². The molecule has 0 aliphatic carbocycles. The number of ether oxygens (including phenoxy) is 1. The lowest BCUT2D eigenvalue weighted by atomic mass is 9.68. The van der Waals surface area contributed by atoms with Crippen molar-refractivity contribution in [2.24, 2.45) is 0 Å². The summed E-state index contributed by atoms with van der Waals surface area (Å²) in [4.78, 5) is 21.1. The Kier molecular flexibility index (Phi) is 1.35. The summed E-state index contributed by atoms with van der Waals surface area (Å²) in [5.41, 5.74) is 0. The molecule has 0 aromatic carbocycles. The third-order valence-electron chi connectivity index (χ3n) is 1.69. The van der Waals surface area contributed by atoms with Crippen LogP contribution in [0.5, 0.6) is 0 Å². The highest BCUT2D eigenvalue weighted by molar-refractivity contribution is 6.38. The first-order valence-corrected chi connectivity index (χ1v) is 2.88. The molecule has 1 aliphatic rings. The summed E-state index contributed by atoms with van der Waals surface area (Å²) >= 11 is 0. The van der Waals surface area contributed by atoms with Gasteiger partial charge in [-0.3, -0.25) is 9.59 Å². The molecule has 0 aromatic heterocycles. The molecule has 9 heavy (non-hydrogen) atoms. The minimum Gasteiger partial charge on any atom is -0.394 e. The van der Waals surface area contributed by atoms with Gasteiger partial charge in [-0.05, 0) is 0 Å². The van der Waals surface area contributed by atoms with Crippen LogP contribution in [0.4, 0.5) is 0 Å². The van der Waals surface area contributed by atoms with Crippen LogP contribution in [0, 0.1) is 0 Å². The van der Waals surface area contributed by atoms with Gasteiger partial charge in [0.25, 0.3) is 0 Å². The van der Waals surface area contributed by atoms with Crippen molar-refractivity contribution in [3.05, 3.63) is 0 Å². The van der Waals surface area contributed by atoms with E-state index in [9.17, 15) is 9.59 Å². The molecule has 3 nitrogen and oxygen atoms in total. The first-order valence-electron chi connectivity index (χ1n) is 2.88. The Bertz CT molecular complexity index is 149. The fourth-order valence-electron chi connectivity index (χ4n) is 0.693. The van der Waals surface area contributed by atoms with Crippen LogP contribution in [0.3, 0.4) is 0 Å². The van der Waals surface area contributed by atoms with Crippen LogP contribution in [0.2, 0.25) is 11.6 Å². The smallest absolute Gasteiger partial charge is 0.308 e. The van der Waals surface area contributed by atoms with E-state index >= 15 is 0 Å². The van der Waals surface area contributed by atoms with Crippen molar-refractivity contribution < 1.29 is 14.3 Å². The van der Waals surface area contributed by atoms with Gasteiger partial charge in [0.1, 0.15) is 15.7 Å². The number of hydrogen-bond donors (Lipinski definition) is 0. The van der Waals surface area contributed by atoms with E-state index in [0.29, 0.717) is 0 Å². The molecule has 0 saturated carbocycles. The molecule has 2 unspecified atom stereocenters. The molecule has 1 rings (SSSR count). The third kappa shape index (κ3) is 0.866. The van der Waals surface area contributed by atoms with Crippen LogP contribution in [-0.2, 0) is 14.3 Å². The van der Waals surface area contributed by atoms with E-state index in [2.05, 4.69) is 4.74 Å². The minimum atomic E-state index is -0.396. The van der Waals surface area contributed by atoms with Crippen LogP contribution in [0.15, 0.2) is 0 Å². The van der Waals surface area contributed by atoms with Gasteiger partial charge in [0.05, 0.1) is 0 Å². The number of rotatable bonds is 0. The van der Waals surface area contributed by atoms with Gasteiger partial charge >= 0.3 is 11.9 Å². The number of esters is 2. The largest absolute Gasteiger partial charge is 0.394 e. The summed E-state index contributed by atoms with van der Waals surface area (Å²) in [6.07, 6.45) is 0. The van der Waals surface area contributed by atoms with Gasteiger partial charge in [0.15, 0.2) is 0 Å². The molecule has 5 heteroatoms. The Labute approximate surface area is 54.6 Å². The number of carbonyl (C=O) groups is 2. The molecule has 2 atom stereocenters. The maximum Gasteiger partial charge on any atom is 0.308 e. The zero-order chi connectivity index (χ0) is 7.02. The summed E-state index contributed by atoms with van der Waals surface area (Å²) in [6, 6.07) is 0. The molecule has 0 spiro atoms. The molecular formula is C4H6B2O3. The van der Waals surface area contributed by atoms with E-state index < -0.39 is 11.9 Å². The van der Waals surface area contributed by atoms with Crippen molar-refractivity contribution >= 4 is 27.6 Å². The monoisotopic (exact) mass is 124 g/mol. The Hall–Kier alpha value is -0.730. The molecule has 1 heterocycles. The van der Waals surface area contributed by atoms with Gasteiger partial charge in [-0.2, -0.15) is 0 Å². The standard InChI is InChI=1S/C4H6B2O3/c5-1-2(6)4(8)9-3(1)7/h1-2H,5-6H2. The van der Waals surface area contributed by atoms with Crippen LogP contribution < -0.4 is 0 Å². The molecule has 0 radical (unpaired) electrons. The quantitative estimate of drug-likeness (QED) is 0.211.